The van der Waals surface area contributed by atoms with Crippen molar-refractivity contribution in [3.05, 3.63) is 30.6 Å². The van der Waals surface area contributed by atoms with E-state index in [2.05, 4.69) is 25.7 Å². The maximum absolute atomic E-state index is 11.6. The Bertz CT molecular complexity index is 578. The van der Waals surface area contributed by atoms with Crippen LogP contribution in [-0.4, -0.2) is 32.1 Å². The van der Waals surface area contributed by atoms with Gasteiger partial charge in [0.1, 0.15) is 5.60 Å². The Labute approximate surface area is 116 Å². The lowest BCUT2D eigenvalue weighted by atomic mass is 10.2. The number of carbonyl (C=O) groups excluding carboxylic acids is 1. The second-order valence-electron chi connectivity index (χ2n) is 5.07. The summed E-state index contributed by atoms with van der Waals surface area (Å²) < 4.78 is 5.16. The van der Waals surface area contributed by atoms with Gasteiger partial charge in [0.25, 0.3) is 0 Å². The number of ether oxygens (including phenoxy) is 1. The SMILES string of the molecule is CC(C)(C)OC(=O)Nc1ccc(-c2nncnn2)cc1. The molecule has 0 saturated heterocycles. The molecule has 0 fully saturated rings. The number of hydrogen-bond donors (Lipinski definition) is 1. The molecule has 2 aromatic rings. The van der Waals surface area contributed by atoms with Crippen molar-refractivity contribution in [3.63, 3.8) is 0 Å². The summed E-state index contributed by atoms with van der Waals surface area (Å²) in [6.45, 7) is 5.42. The van der Waals surface area contributed by atoms with Crippen molar-refractivity contribution in [1.29, 1.82) is 0 Å². The monoisotopic (exact) mass is 273 g/mol. The minimum Gasteiger partial charge on any atom is -0.444 e. The fraction of sp³-hybridized carbons (Fsp3) is 0.308. The normalized spacial score (nSPS) is 10.9. The molecule has 1 aromatic heterocycles. The zero-order valence-corrected chi connectivity index (χ0v) is 11.5. The molecule has 20 heavy (non-hydrogen) atoms. The highest BCUT2D eigenvalue weighted by atomic mass is 16.6. The number of carbonyl (C=O) groups is 1. The van der Waals surface area contributed by atoms with Crippen LogP contribution in [-0.2, 0) is 4.74 Å². The molecule has 0 atom stereocenters. The smallest absolute Gasteiger partial charge is 0.412 e. The molecule has 1 heterocycles. The molecule has 1 amide bonds. The second kappa shape index (κ2) is 5.60. The molecule has 0 aliphatic rings. The molecule has 0 aliphatic heterocycles. The van der Waals surface area contributed by atoms with E-state index in [0.29, 0.717) is 11.5 Å². The first-order valence-electron chi connectivity index (χ1n) is 6.05. The highest BCUT2D eigenvalue weighted by Gasteiger charge is 2.16. The van der Waals surface area contributed by atoms with Crippen molar-refractivity contribution in [2.75, 3.05) is 5.32 Å². The molecule has 0 spiro atoms. The van der Waals surface area contributed by atoms with E-state index in [-0.39, 0.29) is 0 Å². The van der Waals surface area contributed by atoms with Crippen LogP contribution in [0.1, 0.15) is 20.8 Å². The molecular formula is C13H15N5O2. The molecule has 104 valence electrons. The van der Waals surface area contributed by atoms with Gasteiger partial charge in [-0.2, -0.15) is 0 Å². The number of nitrogens with zero attached hydrogens (tertiary/aromatic N) is 4. The van der Waals surface area contributed by atoms with E-state index in [1.54, 1.807) is 24.3 Å². The van der Waals surface area contributed by atoms with Crippen LogP contribution >= 0.6 is 0 Å². The van der Waals surface area contributed by atoms with Crippen molar-refractivity contribution in [2.45, 2.75) is 26.4 Å². The zero-order chi connectivity index (χ0) is 14.6. The van der Waals surface area contributed by atoms with Crippen LogP contribution in [0.2, 0.25) is 0 Å². The summed E-state index contributed by atoms with van der Waals surface area (Å²) in [5, 5.41) is 17.7. The van der Waals surface area contributed by atoms with Gasteiger partial charge in [0.05, 0.1) is 0 Å². The van der Waals surface area contributed by atoms with E-state index in [9.17, 15) is 4.79 Å². The molecule has 2 rings (SSSR count). The highest BCUT2D eigenvalue weighted by Crippen LogP contribution is 2.17. The van der Waals surface area contributed by atoms with Gasteiger partial charge in [-0.25, -0.2) is 4.79 Å². The summed E-state index contributed by atoms with van der Waals surface area (Å²) in [5.41, 5.74) is 0.861. The molecular weight excluding hydrogens is 258 g/mol. The van der Waals surface area contributed by atoms with Crippen molar-refractivity contribution in [2.24, 2.45) is 0 Å². The van der Waals surface area contributed by atoms with Crippen LogP contribution in [0, 0.1) is 0 Å². The summed E-state index contributed by atoms with van der Waals surface area (Å²) in [7, 11) is 0. The Balaban J connectivity index is 2.04. The van der Waals surface area contributed by atoms with Crippen LogP contribution in [0.5, 0.6) is 0 Å². The van der Waals surface area contributed by atoms with Crippen LogP contribution in [0.15, 0.2) is 30.6 Å². The Morgan fingerprint density at radius 2 is 1.70 bits per heavy atom. The molecule has 1 aromatic carbocycles. The Morgan fingerprint density at radius 3 is 2.25 bits per heavy atom. The molecule has 0 saturated carbocycles. The quantitative estimate of drug-likeness (QED) is 0.902. The third-order valence-corrected chi connectivity index (χ3v) is 2.20. The molecule has 0 bridgehead atoms. The Kier molecular flexibility index (Phi) is 3.88. The van der Waals surface area contributed by atoms with E-state index in [0.717, 1.165) is 5.56 Å². The molecule has 0 aliphatic carbocycles. The van der Waals surface area contributed by atoms with Gasteiger partial charge in [-0.3, -0.25) is 5.32 Å². The lowest BCUT2D eigenvalue weighted by Crippen LogP contribution is -2.27. The average molecular weight is 273 g/mol. The molecule has 1 N–H and O–H groups in total. The molecule has 0 radical (unpaired) electrons. The van der Waals surface area contributed by atoms with Gasteiger partial charge in [-0.05, 0) is 45.0 Å². The number of rotatable bonds is 2. The second-order valence-corrected chi connectivity index (χ2v) is 5.07. The van der Waals surface area contributed by atoms with Crippen LogP contribution in [0.25, 0.3) is 11.4 Å². The van der Waals surface area contributed by atoms with Gasteiger partial charge in [-0.1, -0.05) is 0 Å². The standard InChI is InChI=1S/C13H15N5O2/c1-13(2,3)20-12(19)16-10-6-4-9(5-7-10)11-17-14-8-15-18-11/h4-8H,1-3H3,(H,16,19). The van der Waals surface area contributed by atoms with Crippen LogP contribution in [0.3, 0.4) is 0 Å². The van der Waals surface area contributed by atoms with Gasteiger partial charge >= 0.3 is 6.09 Å². The van der Waals surface area contributed by atoms with E-state index >= 15 is 0 Å². The summed E-state index contributed by atoms with van der Waals surface area (Å²) in [6, 6.07) is 7.00. The predicted molar refractivity (Wildman–Crippen MR) is 72.9 cm³/mol. The largest absolute Gasteiger partial charge is 0.444 e. The fourth-order valence-corrected chi connectivity index (χ4v) is 1.44. The third kappa shape index (κ3) is 3.98. The summed E-state index contributed by atoms with van der Waals surface area (Å²) in [4.78, 5) is 11.6. The molecule has 0 unspecified atom stereocenters. The number of aromatic nitrogens is 4. The molecule has 7 heteroatoms. The number of anilines is 1. The minimum atomic E-state index is -0.529. The average Bonchev–Trinajstić information content (AvgIpc) is 2.38. The van der Waals surface area contributed by atoms with Gasteiger partial charge in [0.15, 0.2) is 6.33 Å². The first-order valence-corrected chi connectivity index (χ1v) is 6.05. The number of hydrogen-bond acceptors (Lipinski definition) is 6. The van der Waals surface area contributed by atoms with E-state index in [4.69, 9.17) is 4.74 Å². The lowest BCUT2D eigenvalue weighted by Gasteiger charge is -2.19. The summed E-state index contributed by atoms with van der Waals surface area (Å²) in [5.74, 6) is 0.427. The zero-order valence-electron chi connectivity index (χ0n) is 11.5. The van der Waals surface area contributed by atoms with E-state index in [1.165, 1.54) is 6.33 Å². The van der Waals surface area contributed by atoms with E-state index < -0.39 is 11.7 Å². The fourth-order valence-electron chi connectivity index (χ4n) is 1.44. The van der Waals surface area contributed by atoms with Crippen LogP contribution in [0.4, 0.5) is 10.5 Å². The maximum Gasteiger partial charge on any atom is 0.412 e. The number of nitrogens with one attached hydrogen (secondary N) is 1. The van der Waals surface area contributed by atoms with Crippen molar-refractivity contribution >= 4 is 11.8 Å². The van der Waals surface area contributed by atoms with Gasteiger partial charge in [0, 0.05) is 11.3 Å². The first kappa shape index (κ1) is 13.9. The van der Waals surface area contributed by atoms with Crippen molar-refractivity contribution < 1.29 is 9.53 Å². The van der Waals surface area contributed by atoms with Crippen molar-refractivity contribution in [1.82, 2.24) is 20.4 Å². The summed E-state index contributed by atoms with van der Waals surface area (Å²) >= 11 is 0. The number of benzene rings is 1. The van der Waals surface area contributed by atoms with Gasteiger partial charge in [0.2, 0.25) is 5.82 Å². The van der Waals surface area contributed by atoms with Crippen molar-refractivity contribution in [3.8, 4) is 11.4 Å². The lowest BCUT2D eigenvalue weighted by molar-refractivity contribution is 0.0636. The maximum atomic E-state index is 11.6. The molecule has 7 nitrogen and oxygen atoms in total. The predicted octanol–water partition coefficient (Wildman–Crippen LogP) is 2.28. The number of amides is 1. The topological polar surface area (TPSA) is 89.9 Å². The van der Waals surface area contributed by atoms with E-state index in [1.807, 2.05) is 20.8 Å². The summed E-state index contributed by atoms with van der Waals surface area (Å²) in [6.07, 6.45) is 0.770. The third-order valence-electron chi connectivity index (χ3n) is 2.20. The van der Waals surface area contributed by atoms with Crippen LogP contribution < -0.4 is 5.32 Å². The highest BCUT2D eigenvalue weighted by molar-refractivity contribution is 5.85. The Hall–Kier alpha value is -2.57. The minimum absolute atomic E-state index is 0.427. The van der Waals surface area contributed by atoms with Gasteiger partial charge < -0.3 is 4.74 Å². The van der Waals surface area contributed by atoms with Gasteiger partial charge in [-0.15, -0.1) is 20.4 Å². The first-order chi connectivity index (χ1) is 9.44. The Morgan fingerprint density at radius 1 is 1.10 bits per heavy atom.